The Morgan fingerprint density at radius 2 is 1.89 bits per heavy atom. The molecule has 5 rings (SSSR count). The van der Waals surface area contributed by atoms with E-state index in [1.54, 1.807) is 43.6 Å². The maximum absolute atomic E-state index is 13.9. The Kier molecular flexibility index (Phi) is 5.94. The second-order valence-corrected chi connectivity index (χ2v) is 9.83. The number of carbonyl (C=O) groups excluding carboxylic acids is 2. The van der Waals surface area contributed by atoms with Crippen LogP contribution in [0.2, 0.25) is 5.02 Å². The zero-order valence-corrected chi connectivity index (χ0v) is 21.1. The third-order valence-corrected chi connectivity index (χ3v) is 7.65. The number of hydrogen-bond donors (Lipinski definition) is 1. The van der Waals surface area contributed by atoms with Crippen LogP contribution in [0.3, 0.4) is 0 Å². The molecular weight excluding hydrogens is 486 g/mol. The summed E-state index contributed by atoms with van der Waals surface area (Å²) in [7, 11) is 3.12. The highest BCUT2D eigenvalue weighted by Gasteiger charge is 2.48. The molecule has 0 aliphatic carbocycles. The Bertz CT molecular complexity index is 1450. The number of nitrogens with zero attached hydrogens (tertiary/aromatic N) is 2. The van der Waals surface area contributed by atoms with E-state index in [9.17, 15) is 9.59 Å². The molecule has 0 spiro atoms. The SMILES string of the molecule is COc1ccc(N2C(=O)c3cc4ccsc4n3C[C@]2(C)C(=O)NCc2ccccc2OC)cc1Cl. The van der Waals surface area contributed by atoms with Crippen LogP contribution in [-0.2, 0) is 17.9 Å². The fourth-order valence-electron chi connectivity index (χ4n) is 4.61. The highest BCUT2D eigenvalue weighted by Crippen LogP contribution is 2.39. The smallest absolute Gasteiger partial charge is 0.275 e. The van der Waals surface area contributed by atoms with Crippen LogP contribution in [0.5, 0.6) is 11.5 Å². The lowest BCUT2D eigenvalue weighted by Crippen LogP contribution is -2.64. The first kappa shape index (κ1) is 23.3. The zero-order chi connectivity index (χ0) is 24.7. The van der Waals surface area contributed by atoms with Crippen molar-refractivity contribution in [2.24, 2.45) is 0 Å². The van der Waals surface area contributed by atoms with Crippen LogP contribution in [0.15, 0.2) is 60.0 Å². The van der Waals surface area contributed by atoms with Gasteiger partial charge in [-0.05, 0) is 48.7 Å². The van der Waals surface area contributed by atoms with E-state index in [-0.39, 0.29) is 18.4 Å². The molecule has 2 amide bonds. The Balaban J connectivity index is 1.57. The molecule has 1 N–H and O–H groups in total. The first-order valence-corrected chi connectivity index (χ1v) is 12.3. The van der Waals surface area contributed by atoms with Crippen LogP contribution in [0.4, 0.5) is 5.69 Å². The van der Waals surface area contributed by atoms with Crippen molar-refractivity contribution in [2.45, 2.75) is 25.6 Å². The van der Waals surface area contributed by atoms with Crippen molar-refractivity contribution in [1.29, 1.82) is 0 Å². The monoisotopic (exact) mass is 509 g/mol. The minimum atomic E-state index is -1.22. The van der Waals surface area contributed by atoms with Crippen LogP contribution in [-0.4, -0.2) is 36.1 Å². The number of thiophene rings is 1. The largest absolute Gasteiger partial charge is 0.496 e. The van der Waals surface area contributed by atoms with Crippen molar-refractivity contribution in [3.8, 4) is 11.5 Å². The van der Waals surface area contributed by atoms with Crippen molar-refractivity contribution in [2.75, 3.05) is 19.1 Å². The first-order valence-electron chi connectivity index (χ1n) is 11.0. The van der Waals surface area contributed by atoms with E-state index in [0.29, 0.717) is 34.4 Å². The summed E-state index contributed by atoms with van der Waals surface area (Å²) in [6.45, 7) is 2.33. The first-order chi connectivity index (χ1) is 16.9. The molecule has 1 aliphatic heterocycles. The topological polar surface area (TPSA) is 72.8 Å². The normalized spacial score (nSPS) is 17.4. The number of para-hydroxylation sites is 1. The summed E-state index contributed by atoms with van der Waals surface area (Å²) < 4.78 is 12.6. The van der Waals surface area contributed by atoms with E-state index in [0.717, 1.165) is 15.8 Å². The summed E-state index contributed by atoms with van der Waals surface area (Å²) in [5, 5.41) is 6.34. The zero-order valence-electron chi connectivity index (χ0n) is 19.5. The van der Waals surface area contributed by atoms with Gasteiger partial charge >= 0.3 is 0 Å². The number of anilines is 1. The quantitative estimate of drug-likeness (QED) is 0.392. The van der Waals surface area contributed by atoms with Gasteiger partial charge in [-0.2, -0.15) is 0 Å². The van der Waals surface area contributed by atoms with Gasteiger partial charge in [0, 0.05) is 23.2 Å². The summed E-state index contributed by atoms with van der Waals surface area (Å²) in [5.74, 6) is 0.624. The maximum atomic E-state index is 13.9. The predicted octanol–water partition coefficient (Wildman–Crippen LogP) is 5.11. The Hall–Kier alpha value is -3.49. The minimum Gasteiger partial charge on any atom is -0.496 e. The highest BCUT2D eigenvalue weighted by atomic mass is 35.5. The van der Waals surface area contributed by atoms with Crippen molar-refractivity contribution in [3.05, 3.63) is 76.3 Å². The molecule has 9 heteroatoms. The van der Waals surface area contributed by atoms with Gasteiger partial charge in [0.15, 0.2) is 0 Å². The second-order valence-electron chi connectivity index (χ2n) is 8.52. The second kappa shape index (κ2) is 8.94. The summed E-state index contributed by atoms with van der Waals surface area (Å²) in [4.78, 5) is 30.2. The van der Waals surface area contributed by atoms with Gasteiger partial charge in [-0.3, -0.25) is 14.5 Å². The Morgan fingerprint density at radius 1 is 1.11 bits per heavy atom. The van der Waals surface area contributed by atoms with Crippen molar-refractivity contribution < 1.29 is 19.1 Å². The molecule has 3 heterocycles. The van der Waals surface area contributed by atoms with E-state index in [2.05, 4.69) is 5.32 Å². The highest BCUT2D eigenvalue weighted by molar-refractivity contribution is 7.16. The number of rotatable bonds is 6. The molecular formula is C26H24ClN3O4S. The van der Waals surface area contributed by atoms with Crippen molar-refractivity contribution in [3.63, 3.8) is 0 Å². The lowest BCUT2D eigenvalue weighted by atomic mass is 9.93. The molecule has 0 saturated carbocycles. The number of benzene rings is 2. The van der Waals surface area contributed by atoms with E-state index in [1.807, 2.05) is 46.3 Å². The Morgan fingerprint density at radius 3 is 2.63 bits per heavy atom. The molecule has 0 fully saturated rings. The molecule has 2 aromatic carbocycles. The molecule has 4 aromatic rings. The van der Waals surface area contributed by atoms with Crippen molar-refractivity contribution >= 4 is 50.7 Å². The number of ether oxygens (including phenoxy) is 2. The number of aromatic nitrogens is 1. The van der Waals surface area contributed by atoms with Crippen LogP contribution in [0.1, 0.15) is 23.0 Å². The van der Waals surface area contributed by atoms with E-state index < -0.39 is 5.54 Å². The molecule has 7 nitrogen and oxygen atoms in total. The number of halogens is 1. The number of fused-ring (bicyclic) bond motifs is 3. The molecule has 0 radical (unpaired) electrons. The van der Waals surface area contributed by atoms with Gasteiger partial charge in [-0.1, -0.05) is 29.8 Å². The molecule has 0 bridgehead atoms. The van der Waals surface area contributed by atoms with Gasteiger partial charge in [-0.15, -0.1) is 11.3 Å². The summed E-state index contributed by atoms with van der Waals surface area (Å²) in [6, 6.07) is 16.5. The van der Waals surface area contributed by atoms with Gasteiger partial charge in [0.05, 0.1) is 25.8 Å². The third-order valence-electron chi connectivity index (χ3n) is 6.40. The van der Waals surface area contributed by atoms with Gasteiger partial charge in [0.25, 0.3) is 5.91 Å². The third kappa shape index (κ3) is 3.83. The maximum Gasteiger partial charge on any atom is 0.275 e. The fraction of sp³-hybridized carbons (Fsp3) is 0.231. The van der Waals surface area contributed by atoms with Gasteiger partial charge < -0.3 is 19.4 Å². The molecule has 1 atom stereocenters. The number of amides is 2. The van der Waals surface area contributed by atoms with Gasteiger partial charge in [0.1, 0.15) is 27.6 Å². The van der Waals surface area contributed by atoms with Crippen LogP contribution in [0.25, 0.3) is 10.2 Å². The van der Waals surface area contributed by atoms with E-state index in [4.69, 9.17) is 21.1 Å². The summed E-state index contributed by atoms with van der Waals surface area (Å²) >= 11 is 7.96. The molecule has 2 aromatic heterocycles. The number of methoxy groups -OCH3 is 2. The number of nitrogens with one attached hydrogen (secondary N) is 1. The predicted molar refractivity (Wildman–Crippen MR) is 138 cm³/mol. The molecule has 0 saturated heterocycles. The fourth-order valence-corrected chi connectivity index (χ4v) is 5.76. The Labute approximate surface area is 211 Å². The summed E-state index contributed by atoms with van der Waals surface area (Å²) in [6.07, 6.45) is 0. The summed E-state index contributed by atoms with van der Waals surface area (Å²) in [5.41, 5.74) is 0.677. The molecule has 0 unspecified atom stereocenters. The van der Waals surface area contributed by atoms with Gasteiger partial charge in [0.2, 0.25) is 5.91 Å². The van der Waals surface area contributed by atoms with E-state index in [1.165, 1.54) is 12.0 Å². The van der Waals surface area contributed by atoms with Gasteiger partial charge in [-0.25, -0.2) is 0 Å². The van der Waals surface area contributed by atoms with Crippen LogP contribution in [0, 0.1) is 0 Å². The number of hydrogen-bond acceptors (Lipinski definition) is 5. The standard InChI is InChI=1S/C26H24ClN3O4S/c1-26(25(32)28-14-17-6-4-5-7-21(17)33-2)15-29-20(12-16-10-11-35-24(16)29)23(31)30(26)18-8-9-22(34-3)19(27)13-18/h4-13H,14-15H2,1-3H3,(H,28,32)/t26-/m1/s1. The minimum absolute atomic E-state index is 0.261. The van der Waals surface area contributed by atoms with E-state index >= 15 is 0 Å². The lowest BCUT2D eigenvalue weighted by Gasteiger charge is -2.44. The van der Waals surface area contributed by atoms with Crippen LogP contribution >= 0.6 is 22.9 Å². The van der Waals surface area contributed by atoms with Crippen molar-refractivity contribution in [1.82, 2.24) is 9.88 Å². The van der Waals surface area contributed by atoms with Crippen LogP contribution < -0.4 is 19.7 Å². The molecule has 1 aliphatic rings. The number of carbonyl (C=O) groups is 2. The average Bonchev–Trinajstić information content (AvgIpc) is 3.45. The molecule has 180 valence electrons. The molecule has 35 heavy (non-hydrogen) atoms. The average molecular weight is 510 g/mol. The lowest BCUT2D eigenvalue weighted by molar-refractivity contribution is -0.126.